The highest BCUT2D eigenvalue weighted by atomic mass is 32.2. The number of carbonyl (C=O) groups is 1. The molecule has 0 heterocycles. The van der Waals surface area contributed by atoms with E-state index in [4.69, 9.17) is 5.11 Å². The standard InChI is InChI=1S/C16H23NO2S/c1-20-15-9-5-4-8-14(15)17-11-13-7-3-2-6-12(13)10-16(18)19/h2-3,6-7,14-15,17H,4-5,8-11H2,1H3,(H,18,19). The van der Waals surface area contributed by atoms with Crippen LogP contribution in [-0.2, 0) is 17.8 Å². The molecule has 1 fully saturated rings. The Morgan fingerprint density at radius 2 is 2.00 bits per heavy atom. The predicted molar refractivity (Wildman–Crippen MR) is 84.2 cm³/mol. The van der Waals surface area contributed by atoms with E-state index in [-0.39, 0.29) is 6.42 Å². The fourth-order valence-corrected chi connectivity index (χ4v) is 3.88. The molecule has 2 rings (SSSR count). The molecule has 20 heavy (non-hydrogen) atoms. The van der Waals surface area contributed by atoms with Gasteiger partial charge in [-0.1, -0.05) is 37.1 Å². The van der Waals surface area contributed by atoms with E-state index in [1.54, 1.807) is 0 Å². The molecule has 110 valence electrons. The zero-order chi connectivity index (χ0) is 14.4. The third-order valence-electron chi connectivity index (χ3n) is 4.02. The number of benzene rings is 1. The van der Waals surface area contributed by atoms with Crippen molar-refractivity contribution in [1.82, 2.24) is 5.32 Å². The summed E-state index contributed by atoms with van der Waals surface area (Å²) >= 11 is 1.95. The van der Waals surface area contributed by atoms with Crippen molar-refractivity contribution in [3.05, 3.63) is 35.4 Å². The molecule has 0 spiro atoms. The minimum absolute atomic E-state index is 0.106. The van der Waals surface area contributed by atoms with Crippen LogP contribution >= 0.6 is 11.8 Å². The monoisotopic (exact) mass is 293 g/mol. The van der Waals surface area contributed by atoms with E-state index in [2.05, 4.69) is 11.6 Å². The van der Waals surface area contributed by atoms with Crippen LogP contribution in [0.4, 0.5) is 0 Å². The van der Waals surface area contributed by atoms with Crippen molar-refractivity contribution in [1.29, 1.82) is 0 Å². The van der Waals surface area contributed by atoms with Crippen LogP contribution in [0.15, 0.2) is 24.3 Å². The van der Waals surface area contributed by atoms with Crippen LogP contribution in [0.3, 0.4) is 0 Å². The molecule has 1 aliphatic rings. The number of hydrogen-bond donors (Lipinski definition) is 2. The van der Waals surface area contributed by atoms with Crippen LogP contribution in [0, 0.1) is 0 Å². The summed E-state index contributed by atoms with van der Waals surface area (Å²) in [6, 6.07) is 8.39. The van der Waals surface area contributed by atoms with E-state index < -0.39 is 5.97 Å². The first kappa shape index (κ1) is 15.4. The lowest BCUT2D eigenvalue weighted by Crippen LogP contribution is -2.40. The largest absolute Gasteiger partial charge is 0.481 e. The molecule has 0 saturated heterocycles. The maximum atomic E-state index is 10.9. The number of carboxylic acids is 1. The van der Waals surface area contributed by atoms with Crippen molar-refractivity contribution < 1.29 is 9.90 Å². The van der Waals surface area contributed by atoms with Gasteiger partial charge in [-0.25, -0.2) is 0 Å². The van der Waals surface area contributed by atoms with E-state index in [0.717, 1.165) is 17.7 Å². The number of aliphatic carboxylic acids is 1. The molecular weight excluding hydrogens is 270 g/mol. The summed E-state index contributed by atoms with van der Waals surface area (Å²) in [6.07, 6.45) is 7.44. The molecule has 0 radical (unpaired) electrons. The summed E-state index contributed by atoms with van der Waals surface area (Å²) in [7, 11) is 0. The molecule has 2 N–H and O–H groups in total. The van der Waals surface area contributed by atoms with Gasteiger partial charge in [-0.15, -0.1) is 0 Å². The minimum atomic E-state index is -0.767. The van der Waals surface area contributed by atoms with E-state index >= 15 is 0 Å². The second-order valence-electron chi connectivity index (χ2n) is 5.39. The van der Waals surface area contributed by atoms with Gasteiger partial charge in [0.1, 0.15) is 0 Å². The normalized spacial score (nSPS) is 22.6. The second kappa shape index (κ2) is 7.70. The number of rotatable bonds is 6. The Balaban J connectivity index is 1.97. The highest BCUT2D eigenvalue weighted by molar-refractivity contribution is 7.99. The Hall–Kier alpha value is -1.00. The van der Waals surface area contributed by atoms with Gasteiger partial charge in [0.2, 0.25) is 0 Å². The molecule has 1 aliphatic carbocycles. The average molecular weight is 293 g/mol. The van der Waals surface area contributed by atoms with Gasteiger partial charge in [0, 0.05) is 17.8 Å². The number of hydrogen-bond acceptors (Lipinski definition) is 3. The van der Waals surface area contributed by atoms with Gasteiger partial charge < -0.3 is 10.4 Å². The van der Waals surface area contributed by atoms with Gasteiger partial charge in [0.25, 0.3) is 0 Å². The molecule has 1 aromatic rings. The van der Waals surface area contributed by atoms with Crippen LogP contribution in [0.25, 0.3) is 0 Å². The summed E-state index contributed by atoms with van der Waals surface area (Å²) in [5.41, 5.74) is 2.03. The summed E-state index contributed by atoms with van der Waals surface area (Å²) < 4.78 is 0. The predicted octanol–water partition coefficient (Wildman–Crippen LogP) is 3.08. The van der Waals surface area contributed by atoms with E-state index in [9.17, 15) is 4.79 Å². The Kier molecular flexibility index (Phi) is 5.92. The third kappa shape index (κ3) is 4.25. The van der Waals surface area contributed by atoms with E-state index in [1.807, 2.05) is 36.0 Å². The fraction of sp³-hybridized carbons (Fsp3) is 0.562. The lowest BCUT2D eigenvalue weighted by molar-refractivity contribution is -0.136. The Labute approximate surface area is 125 Å². The summed E-state index contributed by atoms with van der Waals surface area (Å²) in [6.45, 7) is 0.769. The van der Waals surface area contributed by atoms with Gasteiger partial charge in [0.15, 0.2) is 0 Å². The quantitative estimate of drug-likeness (QED) is 0.846. The number of nitrogens with one attached hydrogen (secondary N) is 1. The van der Waals surface area contributed by atoms with Gasteiger partial charge in [-0.05, 0) is 30.2 Å². The Bertz CT molecular complexity index is 450. The first-order chi connectivity index (χ1) is 9.70. The first-order valence-electron chi connectivity index (χ1n) is 7.25. The molecule has 0 aromatic heterocycles. The molecule has 4 heteroatoms. The third-order valence-corrected chi connectivity index (χ3v) is 5.19. The Morgan fingerprint density at radius 1 is 1.30 bits per heavy atom. The van der Waals surface area contributed by atoms with Crippen LogP contribution < -0.4 is 5.32 Å². The zero-order valence-corrected chi connectivity index (χ0v) is 12.8. The molecule has 0 bridgehead atoms. The highest BCUT2D eigenvalue weighted by Crippen LogP contribution is 2.27. The molecule has 1 saturated carbocycles. The van der Waals surface area contributed by atoms with Gasteiger partial charge in [-0.3, -0.25) is 4.79 Å². The minimum Gasteiger partial charge on any atom is -0.481 e. The van der Waals surface area contributed by atoms with Crippen molar-refractivity contribution in [3.63, 3.8) is 0 Å². The van der Waals surface area contributed by atoms with Crippen molar-refractivity contribution in [2.24, 2.45) is 0 Å². The van der Waals surface area contributed by atoms with Gasteiger partial charge >= 0.3 is 5.97 Å². The molecule has 0 aliphatic heterocycles. The smallest absolute Gasteiger partial charge is 0.307 e. The molecule has 3 nitrogen and oxygen atoms in total. The maximum absolute atomic E-state index is 10.9. The molecule has 2 unspecified atom stereocenters. The SMILES string of the molecule is CSC1CCCCC1NCc1ccccc1CC(=O)O. The molecular formula is C16H23NO2S. The number of thioether (sulfide) groups is 1. The number of carboxylic acid groups (broad SMARTS) is 1. The van der Waals surface area contributed by atoms with E-state index in [0.29, 0.717) is 11.3 Å². The lowest BCUT2D eigenvalue weighted by Gasteiger charge is -2.31. The fourth-order valence-electron chi connectivity index (χ4n) is 2.92. The topological polar surface area (TPSA) is 49.3 Å². The van der Waals surface area contributed by atoms with Crippen molar-refractivity contribution in [2.45, 2.75) is 49.9 Å². The second-order valence-corrected chi connectivity index (χ2v) is 6.46. The summed E-state index contributed by atoms with van der Waals surface area (Å²) in [5.74, 6) is -0.767. The van der Waals surface area contributed by atoms with Crippen LogP contribution in [0.2, 0.25) is 0 Å². The Morgan fingerprint density at radius 3 is 2.70 bits per heavy atom. The van der Waals surface area contributed by atoms with Crippen molar-refractivity contribution in [3.8, 4) is 0 Å². The molecule has 0 amide bonds. The highest BCUT2D eigenvalue weighted by Gasteiger charge is 2.23. The van der Waals surface area contributed by atoms with Crippen molar-refractivity contribution in [2.75, 3.05) is 6.26 Å². The van der Waals surface area contributed by atoms with E-state index in [1.165, 1.54) is 25.7 Å². The first-order valence-corrected chi connectivity index (χ1v) is 8.54. The average Bonchev–Trinajstić information content (AvgIpc) is 2.46. The van der Waals surface area contributed by atoms with Crippen LogP contribution in [-0.4, -0.2) is 28.6 Å². The van der Waals surface area contributed by atoms with Gasteiger partial charge in [0.05, 0.1) is 6.42 Å². The zero-order valence-electron chi connectivity index (χ0n) is 12.0. The maximum Gasteiger partial charge on any atom is 0.307 e. The van der Waals surface area contributed by atoms with Crippen LogP contribution in [0.1, 0.15) is 36.8 Å². The van der Waals surface area contributed by atoms with Crippen LogP contribution in [0.5, 0.6) is 0 Å². The lowest BCUT2D eigenvalue weighted by atomic mass is 9.94. The molecule has 1 aromatic carbocycles. The van der Waals surface area contributed by atoms with Gasteiger partial charge in [-0.2, -0.15) is 11.8 Å². The summed E-state index contributed by atoms with van der Waals surface area (Å²) in [5, 5.41) is 13.3. The summed E-state index contributed by atoms with van der Waals surface area (Å²) in [4.78, 5) is 10.9. The van der Waals surface area contributed by atoms with Crippen molar-refractivity contribution >= 4 is 17.7 Å². The molecule has 2 atom stereocenters.